The van der Waals surface area contributed by atoms with Crippen LogP contribution in [0.2, 0.25) is 5.02 Å². The van der Waals surface area contributed by atoms with Gasteiger partial charge in [-0.3, -0.25) is 13.9 Å². The van der Waals surface area contributed by atoms with Crippen LogP contribution in [0.15, 0.2) is 89.8 Å². The van der Waals surface area contributed by atoms with Gasteiger partial charge in [-0.25, -0.2) is 8.42 Å². The molecule has 0 bridgehead atoms. The molecular weight excluding hydrogens is 498 g/mol. The number of hydrogen-bond acceptors (Lipinski definition) is 4. The van der Waals surface area contributed by atoms with E-state index in [0.717, 1.165) is 16.3 Å². The van der Waals surface area contributed by atoms with Crippen LogP contribution >= 0.6 is 11.6 Å². The predicted molar refractivity (Wildman–Crippen MR) is 142 cm³/mol. The number of carbonyl (C=O) groups is 2. The summed E-state index contributed by atoms with van der Waals surface area (Å²) in [5.41, 5.74) is 1.12. The highest BCUT2D eigenvalue weighted by Gasteiger charge is 2.32. The van der Waals surface area contributed by atoms with Crippen LogP contribution in [0.1, 0.15) is 25.8 Å². The Morgan fingerprint density at radius 3 is 2.08 bits per heavy atom. The first-order valence-corrected chi connectivity index (χ1v) is 13.5. The lowest BCUT2D eigenvalue weighted by Crippen LogP contribution is -2.51. The quantitative estimate of drug-likeness (QED) is 0.398. The highest BCUT2D eigenvalue weighted by atomic mass is 35.5. The Morgan fingerprint density at radius 1 is 0.917 bits per heavy atom. The molecule has 0 aliphatic heterocycles. The van der Waals surface area contributed by atoms with Crippen LogP contribution in [-0.2, 0) is 26.2 Å². The number of carbonyl (C=O) groups excluding carboxylic acids is 2. The molecule has 0 aliphatic carbocycles. The molecule has 0 unspecified atom stereocenters. The van der Waals surface area contributed by atoms with E-state index in [0.29, 0.717) is 17.3 Å². The Balaban J connectivity index is 1.98. The van der Waals surface area contributed by atoms with Crippen LogP contribution in [0.4, 0.5) is 5.69 Å². The molecule has 2 amide bonds. The minimum atomic E-state index is -4.09. The van der Waals surface area contributed by atoms with Crippen molar-refractivity contribution in [3.8, 4) is 0 Å². The van der Waals surface area contributed by atoms with Crippen molar-refractivity contribution in [3.05, 3.63) is 95.5 Å². The van der Waals surface area contributed by atoms with Gasteiger partial charge in [0.25, 0.3) is 10.0 Å². The fraction of sp³-hybridized carbons (Fsp3) is 0.259. The number of hydrogen-bond donors (Lipinski definition) is 1. The largest absolute Gasteiger partial charge is 0.354 e. The van der Waals surface area contributed by atoms with Crippen LogP contribution in [0.3, 0.4) is 0 Å². The number of nitrogens with one attached hydrogen (secondary N) is 1. The molecule has 0 spiro atoms. The van der Waals surface area contributed by atoms with Crippen molar-refractivity contribution >= 4 is 39.1 Å². The standard InChI is InChI=1S/C27H30ClN3O4S/c1-3-18-29-27(33)21(2)30(19-22-10-6-4-7-11-22)26(32)20-31(24-16-14-23(28)15-17-24)36(34,35)25-12-8-5-9-13-25/h4-17,21H,3,18-20H2,1-2H3,(H,29,33)/t21-/m0/s1. The van der Waals surface area contributed by atoms with Crippen molar-refractivity contribution < 1.29 is 18.0 Å². The zero-order valence-corrected chi connectivity index (χ0v) is 21.9. The molecule has 1 atom stereocenters. The highest BCUT2D eigenvalue weighted by Crippen LogP contribution is 2.26. The lowest BCUT2D eigenvalue weighted by molar-refractivity contribution is -0.139. The molecule has 3 aromatic rings. The molecule has 0 fully saturated rings. The first-order valence-electron chi connectivity index (χ1n) is 11.7. The molecule has 0 aromatic heterocycles. The van der Waals surface area contributed by atoms with Crippen LogP contribution in [0.25, 0.3) is 0 Å². The molecule has 0 heterocycles. The molecule has 0 saturated heterocycles. The second-order valence-corrected chi connectivity index (χ2v) is 10.6. The van der Waals surface area contributed by atoms with Crippen molar-refractivity contribution in [1.82, 2.24) is 10.2 Å². The molecule has 190 valence electrons. The Labute approximate surface area is 217 Å². The summed E-state index contributed by atoms with van der Waals surface area (Å²) in [5.74, 6) is -0.808. The first kappa shape index (κ1) is 27.2. The van der Waals surface area contributed by atoms with Crippen molar-refractivity contribution in [2.24, 2.45) is 0 Å². The third kappa shape index (κ3) is 6.86. The first-order chi connectivity index (χ1) is 17.2. The summed E-state index contributed by atoms with van der Waals surface area (Å²) in [6, 6.07) is 22.6. The van der Waals surface area contributed by atoms with Crippen molar-refractivity contribution in [3.63, 3.8) is 0 Å². The molecule has 1 N–H and O–H groups in total. The molecular formula is C27H30ClN3O4S. The van der Waals surface area contributed by atoms with E-state index < -0.39 is 28.5 Å². The van der Waals surface area contributed by atoms with Crippen LogP contribution < -0.4 is 9.62 Å². The summed E-state index contributed by atoms with van der Waals surface area (Å²) < 4.78 is 28.3. The van der Waals surface area contributed by atoms with Gasteiger partial charge in [0.15, 0.2) is 0 Å². The van der Waals surface area contributed by atoms with Gasteiger partial charge >= 0.3 is 0 Å². The molecule has 0 aliphatic rings. The Kier molecular flexibility index (Phi) is 9.50. The van der Waals surface area contributed by atoms with Crippen molar-refractivity contribution in [2.75, 3.05) is 17.4 Å². The predicted octanol–water partition coefficient (Wildman–Crippen LogP) is 4.48. The van der Waals surface area contributed by atoms with E-state index in [-0.39, 0.29) is 17.3 Å². The number of halogens is 1. The minimum Gasteiger partial charge on any atom is -0.354 e. The Morgan fingerprint density at radius 2 is 1.50 bits per heavy atom. The average molecular weight is 528 g/mol. The molecule has 7 nitrogen and oxygen atoms in total. The number of nitrogens with zero attached hydrogens (tertiary/aromatic N) is 2. The van der Waals surface area contributed by atoms with E-state index in [1.807, 2.05) is 37.3 Å². The van der Waals surface area contributed by atoms with Gasteiger partial charge < -0.3 is 10.2 Å². The van der Waals surface area contributed by atoms with Crippen LogP contribution in [0.5, 0.6) is 0 Å². The van der Waals surface area contributed by atoms with E-state index in [9.17, 15) is 18.0 Å². The van der Waals surface area contributed by atoms with Gasteiger partial charge in [-0.15, -0.1) is 0 Å². The lowest BCUT2D eigenvalue weighted by Gasteiger charge is -2.32. The third-order valence-corrected chi connectivity index (χ3v) is 7.68. The number of anilines is 1. The zero-order chi connectivity index (χ0) is 26.1. The van der Waals surface area contributed by atoms with Gasteiger partial charge in [-0.05, 0) is 55.3 Å². The third-order valence-electron chi connectivity index (χ3n) is 5.64. The summed E-state index contributed by atoms with van der Waals surface area (Å²) in [4.78, 5) is 28.0. The Bertz CT molecular complexity index is 1250. The molecule has 3 rings (SSSR count). The summed E-state index contributed by atoms with van der Waals surface area (Å²) >= 11 is 6.02. The van der Waals surface area contributed by atoms with E-state index in [1.54, 1.807) is 49.4 Å². The minimum absolute atomic E-state index is 0.0519. The summed E-state index contributed by atoms with van der Waals surface area (Å²) in [5, 5.41) is 3.26. The number of amides is 2. The van der Waals surface area contributed by atoms with Gasteiger partial charge in [-0.2, -0.15) is 0 Å². The maximum Gasteiger partial charge on any atom is 0.264 e. The van der Waals surface area contributed by atoms with Gasteiger partial charge in [0.05, 0.1) is 10.6 Å². The second-order valence-electron chi connectivity index (χ2n) is 8.28. The average Bonchev–Trinajstić information content (AvgIpc) is 2.90. The maximum atomic E-state index is 13.7. The summed E-state index contributed by atoms with van der Waals surface area (Å²) in [7, 11) is -4.09. The monoisotopic (exact) mass is 527 g/mol. The van der Waals surface area contributed by atoms with Crippen molar-refractivity contribution in [1.29, 1.82) is 0 Å². The fourth-order valence-electron chi connectivity index (χ4n) is 3.61. The summed E-state index contributed by atoms with van der Waals surface area (Å²) in [6.45, 7) is 3.73. The fourth-order valence-corrected chi connectivity index (χ4v) is 5.18. The highest BCUT2D eigenvalue weighted by molar-refractivity contribution is 7.92. The lowest BCUT2D eigenvalue weighted by atomic mass is 10.1. The topological polar surface area (TPSA) is 86.8 Å². The van der Waals surface area contributed by atoms with Crippen molar-refractivity contribution in [2.45, 2.75) is 37.8 Å². The van der Waals surface area contributed by atoms with E-state index in [2.05, 4.69) is 5.32 Å². The van der Waals surface area contributed by atoms with E-state index in [1.165, 1.54) is 17.0 Å². The molecule has 3 aromatic carbocycles. The molecule has 0 saturated carbocycles. The SMILES string of the molecule is CCCNC(=O)[C@H](C)N(Cc1ccccc1)C(=O)CN(c1ccc(Cl)cc1)S(=O)(=O)c1ccccc1. The smallest absolute Gasteiger partial charge is 0.264 e. The van der Waals surface area contributed by atoms with Gasteiger partial charge in [0.1, 0.15) is 12.6 Å². The molecule has 0 radical (unpaired) electrons. The van der Waals surface area contributed by atoms with Crippen LogP contribution in [0, 0.1) is 0 Å². The number of sulfonamides is 1. The molecule has 9 heteroatoms. The van der Waals surface area contributed by atoms with Crippen LogP contribution in [-0.4, -0.2) is 44.3 Å². The summed E-state index contributed by atoms with van der Waals surface area (Å²) in [6.07, 6.45) is 0.755. The van der Waals surface area contributed by atoms with Gasteiger partial charge in [0.2, 0.25) is 11.8 Å². The second kappa shape index (κ2) is 12.6. The number of benzene rings is 3. The normalized spacial score (nSPS) is 12.0. The Hall–Kier alpha value is -3.36. The van der Waals surface area contributed by atoms with Gasteiger partial charge in [0, 0.05) is 18.1 Å². The zero-order valence-electron chi connectivity index (χ0n) is 20.3. The molecule has 36 heavy (non-hydrogen) atoms. The maximum absolute atomic E-state index is 13.7. The van der Waals surface area contributed by atoms with Gasteiger partial charge in [-0.1, -0.05) is 67.1 Å². The van der Waals surface area contributed by atoms with E-state index in [4.69, 9.17) is 11.6 Å². The number of rotatable bonds is 11. The van der Waals surface area contributed by atoms with E-state index >= 15 is 0 Å².